The summed E-state index contributed by atoms with van der Waals surface area (Å²) in [5.74, 6) is 1.49. The predicted octanol–water partition coefficient (Wildman–Crippen LogP) is 0.641. The highest BCUT2D eigenvalue weighted by molar-refractivity contribution is 5.77. The fourth-order valence-corrected chi connectivity index (χ4v) is 1.55. The number of hydrogen-bond acceptors (Lipinski definition) is 4. The minimum Gasteiger partial charge on any atom is -0.454 e. The summed E-state index contributed by atoms with van der Waals surface area (Å²) in [4.78, 5) is 11.4. The Morgan fingerprint density at radius 1 is 1.35 bits per heavy atom. The number of likely N-dealkylation sites (N-methyl/N-ethyl adjacent to an activating group) is 1. The molecule has 0 aliphatic carbocycles. The Morgan fingerprint density at radius 2 is 2.18 bits per heavy atom. The summed E-state index contributed by atoms with van der Waals surface area (Å²) in [5.41, 5.74) is 0.999. The lowest BCUT2D eigenvalue weighted by atomic mass is 10.2. The molecule has 0 spiro atoms. The molecule has 0 saturated carbocycles. The van der Waals surface area contributed by atoms with Gasteiger partial charge in [-0.3, -0.25) is 4.79 Å². The third-order valence-corrected chi connectivity index (χ3v) is 2.46. The van der Waals surface area contributed by atoms with Crippen molar-refractivity contribution in [3.05, 3.63) is 23.8 Å². The number of benzene rings is 1. The molecule has 0 saturated heterocycles. The third kappa shape index (κ3) is 3.10. The van der Waals surface area contributed by atoms with Crippen molar-refractivity contribution in [3.63, 3.8) is 0 Å². The van der Waals surface area contributed by atoms with Crippen molar-refractivity contribution in [2.45, 2.75) is 13.5 Å². The van der Waals surface area contributed by atoms with Crippen molar-refractivity contribution >= 4 is 5.91 Å². The normalized spacial score (nSPS) is 12.5. The number of amides is 1. The molecule has 17 heavy (non-hydrogen) atoms. The zero-order valence-corrected chi connectivity index (χ0v) is 9.79. The van der Waals surface area contributed by atoms with Crippen LogP contribution in [0.2, 0.25) is 0 Å². The van der Waals surface area contributed by atoms with Crippen molar-refractivity contribution in [2.75, 3.05) is 19.9 Å². The Kier molecular flexibility index (Phi) is 3.82. The fourth-order valence-electron chi connectivity index (χ4n) is 1.55. The topological polar surface area (TPSA) is 59.6 Å². The van der Waals surface area contributed by atoms with Gasteiger partial charge in [0.05, 0.1) is 6.54 Å². The lowest BCUT2D eigenvalue weighted by Gasteiger charge is -2.06. The van der Waals surface area contributed by atoms with Crippen LogP contribution in [0.25, 0.3) is 0 Å². The molecular weight excluding hydrogens is 220 g/mol. The SMILES string of the molecule is CCNCC(=O)NCc1ccc2c(c1)OCO2. The summed E-state index contributed by atoms with van der Waals surface area (Å²) in [6.07, 6.45) is 0. The largest absolute Gasteiger partial charge is 0.454 e. The number of carbonyl (C=O) groups is 1. The molecule has 5 nitrogen and oxygen atoms in total. The van der Waals surface area contributed by atoms with Crippen molar-refractivity contribution in [3.8, 4) is 11.5 Å². The first-order valence-corrected chi connectivity index (χ1v) is 5.65. The maximum absolute atomic E-state index is 11.4. The van der Waals surface area contributed by atoms with E-state index in [2.05, 4.69) is 10.6 Å². The van der Waals surface area contributed by atoms with Gasteiger partial charge >= 0.3 is 0 Å². The number of hydrogen-bond donors (Lipinski definition) is 2. The minimum atomic E-state index is -0.00971. The smallest absolute Gasteiger partial charge is 0.234 e. The van der Waals surface area contributed by atoms with Gasteiger partial charge in [0.2, 0.25) is 12.7 Å². The van der Waals surface area contributed by atoms with Gasteiger partial charge in [0.25, 0.3) is 0 Å². The highest BCUT2D eigenvalue weighted by Gasteiger charge is 2.13. The van der Waals surface area contributed by atoms with Crippen LogP contribution in [0.4, 0.5) is 0 Å². The molecule has 0 radical (unpaired) electrons. The molecule has 1 heterocycles. The van der Waals surface area contributed by atoms with Gasteiger partial charge in [0.1, 0.15) is 0 Å². The van der Waals surface area contributed by atoms with Crippen LogP contribution in [0, 0.1) is 0 Å². The third-order valence-electron chi connectivity index (χ3n) is 2.46. The van der Waals surface area contributed by atoms with Crippen LogP contribution < -0.4 is 20.1 Å². The van der Waals surface area contributed by atoms with Crippen LogP contribution in [-0.2, 0) is 11.3 Å². The molecule has 0 bridgehead atoms. The van der Waals surface area contributed by atoms with Crippen molar-refractivity contribution in [1.29, 1.82) is 0 Å². The maximum atomic E-state index is 11.4. The second-order valence-corrected chi connectivity index (χ2v) is 3.74. The van der Waals surface area contributed by atoms with E-state index in [1.54, 1.807) is 0 Å². The van der Waals surface area contributed by atoms with E-state index in [1.807, 2.05) is 25.1 Å². The number of ether oxygens (including phenoxy) is 2. The number of carbonyl (C=O) groups excluding carboxylic acids is 1. The van der Waals surface area contributed by atoms with Crippen LogP contribution in [0.15, 0.2) is 18.2 Å². The van der Waals surface area contributed by atoms with E-state index in [0.717, 1.165) is 23.6 Å². The Labute approximate surface area is 100 Å². The van der Waals surface area contributed by atoms with Crippen LogP contribution >= 0.6 is 0 Å². The van der Waals surface area contributed by atoms with E-state index in [0.29, 0.717) is 13.1 Å². The fraction of sp³-hybridized carbons (Fsp3) is 0.417. The van der Waals surface area contributed by atoms with Crippen LogP contribution in [0.3, 0.4) is 0 Å². The van der Waals surface area contributed by atoms with E-state index in [9.17, 15) is 4.79 Å². The van der Waals surface area contributed by atoms with E-state index in [4.69, 9.17) is 9.47 Å². The van der Waals surface area contributed by atoms with Crippen LogP contribution in [-0.4, -0.2) is 25.8 Å². The van der Waals surface area contributed by atoms with E-state index in [-0.39, 0.29) is 12.7 Å². The zero-order valence-electron chi connectivity index (χ0n) is 9.79. The van der Waals surface area contributed by atoms with Gasteiger partial charge in [0, 0.05) is 6.54 Å². The first kappa shape index (κ1) is 11.7. The number of fused-ring (bicyclic) bond motifs is 1. The Balaban J connectivity index is 1.85. The highest BCUT2D eigenvalue weighted by atomic mass is 16.7. The molecular formula is C12H16N2O3. The van der Waals surface area contributed by atoms with Crippen LogP contribution in [0.1, 0.15) is 12.5 Å². The Morgan fingerprint density at radius 3 is 3.00 bits per heavy atom. The second-order valence-electron chi connectivity index (χ2n) is 3.74. The lowest BCUT2D eigenvalue weighted by molar-refractivity contribution is -0.120. The molecule has 1 aromatic rings. The number of rotatable bonds is 5. The molecule has 92 valence electrons. The molecule has 1 aliphatic rings. The standard InChI is InChI=1S/C12H16N2O3/c1-2-13-7-12(15)14-6-9-3-4-10-11(5-9)17-8-16-10/h3-5,13H,2,6-8H2,1H3,(H,14,15). The quantitative estimate of drug-likeness (QED) is 0.787. The molecule has 1 aliphatic heterocycles. The molecule has 1 aromatic carbocycles. The Bertz CT molecular complexity index is 407. The first-order valence-electron chi connectivity index (χ1n) is 5.65. The van der Waals surface area contributed by atoms with E-state index >= 15 is 0 Å². The summed E-state index contributed by atoms with van der Waals surface area (Å²) in [6.45, 7) is 3.87. The van der Waals surface area contributed by atoms with E-state index < -0.39 is 0 Å². The summed E-state index contributed by atoms with van der Waals surface area (Å²) in [6, 6.07) is 5.66. The summed E-state index contributed by atoms with van der Waals surface area (Å²) in [5, 5.41) is 5.80. The summed E-state index contributed by atoms with van der Waals surface area (Å²) < 4.78 is 10.5. The van der Waals surface area contributed by atoms with Crippen molar-refractivity contribution in [1.82, 2.24) is 10.6 Å². The van der Waals surface area contributed by atoms with Gasteiger partial charge < -0.3 is 20.1 Å². The predicted molar refractivity (Wildman–Crippen MR) is 63.0 cm³/mol. The molecule has 0 fully saturated rings. The Hall–Kier alpha value is -1.75. The second kappa shape index (κ2) is 5.54. The molecule has 2 N–H and O–H groups in total. The minimum absolute atomic E-state index is 0.00971. The summed E-state index contributed by atoms with van der Waals surface area (Å²) in [7, 11) is 0. The van der Waals surface area contributed by atoms with Crippen LogP contribution in [0.5, 0.6) is 11.5 Å². The van der Waals surface area contributed by atoms with Gasteiger partial charge in [0.15, 0.2) is 11.5 Å². The average Bonchev–Trinajstić information content (AvgIpc) is 2.81. The van der Waals surface area contributed by atoms with Crippen molar-refractivity contribution in [2.24, 2.45) is 0 Å². The highest BCUT2D eigenvalue weighted by Crippen LogP contribution is 2.32. The van der Waals surface area contributed by atoms with Crippen molar-refractivity contribution < 1.29 is 14.3 Å². The zero-order chi connectivity index (χ0) is 12.1. The molecule has 1 amide bonds. The molecule has 2 rings (SSSR count). The monoisotopic (exact) mass is 236 g/mol. The lowest BCUT2D eigenvalue weighted by Crippen LogP contribution is -2.33. The first-order chi connectivity index (χ1) is 8.29. The molecule has 0 atom stereocenters. The maximum Gasteiger partial charge on any atom is 0.234 e. The van der Waals surface area contributed by atoms with Gasteiger partial charge in [-0.15, -0.1) is 0 Å². The summed E-state index contributed by atoms with van der Waals surface area (Å²) >= 11 is 0. The van der Waals surface area contributed by atoms with Gasteiger partial charge in [-0.1, -0.05) is 13.0 Å². The van der Waals surface area contributed by atoms with Gasteiger partial charge in [-0.05, 0) is 24.2 Å². The molecule has 0 aromatic heterocycles. The molecule has 0 unspecified atom stereocenters. The van der Waals surface area contributed by atoms with Gasteiger partial charge in [-0.25, -0.2) is 0 Å². The number of nitrogens with one attached hydrogen (secondary N) is 2. The molecule has 5 heteroatoms. The van der Waals surface area contributed by atoms with E-state index in [1.165, 1.54) is 0 Å². The average molecular weight is 236 g/mol. The van der Waals surface area contributed by atoms with Gasteiger partial charge in [-0.2, -0.15) is 0 Å².